The molecule has 2 atom stereocenters. The van der Waals surface area contributed by atoms with Gasteiger partial charge in [-0.3, -0.25) is 9.69 Å². The highest BCUT2D eigenvalue weighted by atomic mass is 35.5. The van der Waals surface area contributed by atoms with Crippen LogP contribution in [0.25, 0.3) is 0 Å². The second-order valence-electron chi connectivity index (χ2n) is 6.32. The number of halogens is 1. The van der Waals surface area contributed by atoms with Crippen molar-refractivity contribution in [2.24, 2.45) is 0 Å². The van der Waals surface area contributed by atoms with Crippen molar-refractivity contribution in [1.29, 1.82) is 0 Å². The number of carbonyl (C=O) groups excluding carboxylic acids is 1. The zero-order chi connectivity index (χ0) is 16.4. The maximum absolute atomic E-state index is 12.2. The van der Waals surface area contributed by atoms with Gasteiger partial charge in [-0.25, -0.2) is 8.42 Å². The lowest BCUT2D eigenvalue weighted by molar-refractivity contribution is -0.123. The monoisotopic (exact) mass is 356 g/mol. The maximum atomic E-state index is 12.2. The minimum absolute atomic E-state index is 0.0622. The lowest BCUT2D eigenvalue weighted by Crippen LogP contribution is -2.42. The Morgan fingerprint density at radius 1 is 1.30 bits per heavy atom. The predicted octanol–water partition coefficient (Wildman–Crippen LogP) is 1.78. The molecule has 0 radical (unpaired) electrons. The second-order valence-corrected chi connectivity index (χ2v) is 8.95. The number of carbonyl (C=O) groups is 1. The predicted molar refractivity (Wildman–Crippen MR) is 90.2 cm³/mol. The smallest absolute Gasteiger partial charge is 0.234 e. The van der Waals surface area contributed by atoms with Crippen LogP contribution in [0.3, 0.4) is 0 Å². The Bertz CT molecular complexity index is 692. The molecule has 1 N–H and O–H groups in total. The van der Waals surface area contributed by atoms with E-state index in [-0.39, 0.29) is 36.0 Å². The summed E-state index contributed by atoms with van der Waals surface area (Å²) in [5, 5.41) is 3.58. The van der Waals surface area contributed by atoms with E-state index in [1.54, 1.807) is 0 Å². The van der Waals surface area contributed by atoms with Crippen molar-refractivity contribution in [2.75, 3.05) is 24.6 Å². The SMILES string of the molecule is O=C(CN1CCC[C@H]1c1ccccc1Cl)N[C@H]1CCS(=O)(=O)C1. The molecule has 7 heteroatoms. The van der Waals surface area contributed by atoms with E-state index in [0.717, 1.165) is 30.0 Å². The van der Waals surface area contributed by atoms with Crippen molar-refractivity contribution in [2.45, 2.75) is 31.3 Å². The van der Waals surface area contributed by atoms with E-state index in [0.29, 0.717) is 6.42 Å². The summed E-state index contributed by atoms with van der Waals surface area (Å²) in [6, 6.07) is 7.65. The number of nitrogens with one attached hydrogen (secondary N) is 1. The lowest BCUT2D eigenvalue weighted by atomic mass is 10.0. The number of sulfone groups is 1. The molecule has 2 aliphatic rings. The fraction of sp³-hybridized carbons (Fsp3) is 0.562. The summed E-state index contributed by atoms with van der Waals surface area (Å²) >= 11 is 6.28. The highest BCUT2D eigenvalue weighted by Crippen LogP contribution is 2.35. The molecule has 2 fully saturated rings. The van der Waals surface area contributed by atoms with Crippen LogP contribution in [0.4, 0.5) is 0 Å². The molecule has 2 heterocycles. The molecule has 1 aromatic carbocycles. The largest absolute Gasteiger partial charge is 0.351 e. The zero-order valence-electron chi connectivity index (χ0n) is 12.9. The summed E-state index contributed by atoms with van der Waals surface area (Å²) < 4.78 is 22.9. The topological polar surface area (TPSA) is 66.5 Å². The molecule has 0 saturated carbocycles. The number of nitrogens with zero attached hydrogens (tertiary/aromatic N) is 1. The van der Waals surface area contributed by atoms with E-state index >= 15 is 0 Å². The van der Waals surface area contributed by atoms with Crippen LogP contribution in [0, 0.1) is 0 Å². The normalized spacial score (nSPS) is 27.2. The van der Waals surface area contributed by atoms with Crippen LogP contribution in [-0.2, 0) is 14.6 Å². The van der Waals surface area contributed by atoms with Crippen molar-refractivity contribution in [1.82, 2.24) is 10.2 Å². The van der Waals surface area contributed by atoms with Crippen molar-refractivity contribution >= 4 is 27.3 Å². The Morgan fingerprint density at radius 2 is 2.09 bits per heavy atom. The number of benzene rings is 1. The first-order chi connectivity index (χ1) is 10.9. The summed E-state index contributed by atoms with van der Waals surface area (Å²) in [4.78, 5) is 14.4. The van der Waals surface area contributed by atoms with Gasteiger partial charge in [-0.15, -0.1) is 0 Å². The fourth-order valence-electron chi connectivity index (χ4n) is 3.48. The minimum atomic E-state index is -2.97. The van der Waals surface area contributed by atoms with E-state index in [2.05, 4.69) is 10.2 Å². The van der Waals surface area contributed by atoms with Gasteiger partial charge in [0.2, 0.25) is 5.91 Å². The van der Waals surface area contributed by atoms with Crippen LogP contribution < -0.4 is 5.32 Å². The van der Waals surface area contributed by atoms with E-state index in [4.69, 9.17) is 11.6 Å². The first-order valence-corrected chi connectivity index (χ1v) is 10.1. The van der Waals surface area contributed by atoms with Gasteiger partial charge in [0.05, 0.1) is 18.1 Å². The van der Waals surface area contributed by atoms with Crippen LogP contribution in [0.15, 0.2) is 24.3 Å². The van der Waals surface area contributed by atoms with E-state index < -0.39 is 9.84 Å². The number of rotatable bonds is 4. The second kappa shape index (κ2) is 6.79. The first-order valence-electron chi connectivity index (χ1n) is 7.93. The summed E-state index contributed by atoms with van der Waals surface area (Å²) in [6.45, 7) is 1.14. The number of hydrogen-bond acceptors (Lipinski definition) is 4. The molecular formula is C16H21ClN2O3S. The highest BCUT2D eigenvalue weighted by Gasteiger charge is 2.32. The van der Waals surface area contributed by atoms with Gasteiger partial charge in [-0.05, 0) is 37.4 Å². The van der Waals surface area contributed by atoms with Crippen LogP contribution >= 0.6 is 11.6 Å². The van der Waals surface area contributed by atoms with Crippen LogP contribution in [-0.4, -0.2) is 49.9 Å². The van der Waals surface area contributed by atoms with Gasteiger partial charge in [0.1, 0.15) is 0 Å². The van der Waals surface area contributed by atoms with Crippen LogP contribution in [0.5, 0.6) is 0 Å². The van der Waals surface area contributed by atoms with Crippen molar-refractivity contribution in [3.05, 3.63) is 34.9 Å². The summed E-state index contributed by atoms with van der Waals surface area (Å²) in [5.41, 5.74) is 1.06. The van der Waals surface area contributed by atoms with Crippen molar-refractivity contribution < 1.29 is 13.2 Å². The third-order valence-electron chi connectivity index (χ3n) is 4.57. The first kappa shape index (κ1) is 16.7. The summed E-state index contributed by atoms with van der Waals surface area (Å²) in [5.74, 6) is 0.127. The van der Waals surface area contributed by atoms with Crippen LogP contribution in [0.2, 0.25) is 5.02 Å². The summed E-state index contributed by atoms with van der Waals surface area (Å²) in [7, 11) is -2.97. The Kier molecular flexibility index (Phi) is 4.94. The molecule has 23 heavy (non-hydrogen) atoms. The molecule has 0 bridgehead atoms. The molecule has 2 aliphatic heterocycles. The maximum Gasteiger partial charge on any atom is 0.234 e. The van der Waals surface area contributed by atoms with Gasteiger partial charge in [0, 0.05) is 17.1 Å². The molecular weight excluding hydrogens is 336 g/mol. The minimum Gasteiger partial charge on any atom is -0.351 e. The van der Waals surface area contributed by atoms with Gasteiger partial charge in [-0.2, -0.15) is 0 Å². The molecule has 0 unspecified atom stereocenters. The Hall–Kier alpha value is -1.11. The fourth-order valence-corrected chi connectivity index (χ4v) is 5.41. The molecule has 3 rings (SSSR count). The molecule has 0 aromatic heterocycles. The molecule has 5 nitrogen and oxygen atoms in total. The van der Waals surface area contributed by atoms with Crippen molar-refractivity contribution in [3.63, 3.8) is 0 Å². The van der Waals surface area contributed by atoms with Gasteiger partial charge in [0.25, 0.3) is 0 Å². The average molecular weight is 357 g/mol. The molecule has 0 aliphatic carbocycles. The van der Waals surface area contributed by atoms with Gasteiger partial charge >= 0.3 is 0 Å². The zero-order valence-corrected chi connectivity index (χ0v) is 14.4. The van der Waals surface area contributed by atoms with E-state index in [1.165, 1.54) is 0 Å². The average Bonchev–Trinajstić information content (AvgIpc) is 3.06. The van der Waals surface area contributed by atoms with E-state index in [9.17, 15) is 13.2 Å². The standard InChI is InChI=1S/C16H21ClN2O3S/c17-14-5-2-1-4-13(14)15-6-3-8-19(15)10-16(20)18-12-7-9-23(21,22)11-12/h1-2,4-5,12,15H,3,6-11H2,(H,18,20)/t12-,15-/m0/s1. The molecule has 2 saturated heterocycles. The van der Waals surface area contributed by atoms with E-state index in [1.807, 2.05) is 24.3 Å². The molecule has 0 spiro atoms. The van der Waals surface area contributed by atoms with Crippen LogP contribution in [0.1, 0.15) is 30.9 Å². The molecule has 1 amide bonds. The van der Waals surface area contributed by atoms with Gasteiger partial charge in [0.15, 0.2) is 9.84 Å². The number of amides is 1. The summed E-state index contributed by atoms with van der Waals surface area (Å²) in [6.07, 6.45) is 2.53. The Labute approximate surface area is 141 Å². The van der Waals surface area contributed by atoms with Gasteiger partial charge in [-0.1, -0.05) is 29.8 Å². The Morgan fingerprint density at radius 3 is 2.78 bits per heavy atom. The third-order valence-corrected chi connectivity index (χ3v) is 6.68. The lowest BCUT2D eigenvalue weighted by Gasteiger charge is -2.25. The number of hydrogen-bond donors (Lipinski definition) is 1. The number of likely N-dealkylation sites (tertiary alicyclic amines) is 1. The quantitative estimate of drug-likeness (QED) is 0.893. The molecule has 1 aromatic rings. The highest BCUT2D eigenvalue weighted by molar-refractivity contribution is 7.91. The Balaban J connectivity index is 1.61. The van der Waals surface area contributed by atoms with Gasteiger partial charge < -0.3 is 5.32 Å². The van der Waals surface area contributed by atoms with Crippen molar-refractivity contribution in [3.8, 4) is 0 Å². The third kappa shape index (κ3) is 4.05. The molecule has 126 valence electrons.